The fourth-order valence-corrected chi connectivity index (χ4v) is 3.57. The Morgan fingerprint density at radius 3 is 2.52 bits per heavy atom. The lowest BCUT2D eigenvalue weighted by Gasteiger charge is -2.18. The Morgan fingerprint density at radius 1 is 1.19 bits per heavy atom. The van der Waals surface area contributed by atoms with E-state index in [1.807, 2.05) is 25.1 Å². The van der Waals surface area contributed by atoms with E-state index in [9.17, 15) is 8.42 Å². The summed E-state index contributed by atoms with van der Waals surface area (Å²) in [7, 11) is -2.33. The summed E-state index contributed by atoms with van der Waals surface area (Å²) in [5, 5.41) is -0.186. The van der Waals surface area contributed by atoms with Crippen molar-refractivity contribution in [2.45, 2.75) is 58.1 Å². The van der Waals surface area contributed by atoms with Crippen molar-refractivity contribution in [1.29, 1.82) is 0 Å². The first-order valence-corrected chi connectivity index (χ1v) is 9.17. The van der Waals surface area contributed by atoms with E-state index in [0.29, 0.717) is 12.5 Å². The highest BCUT2D eigenvalue weighted by Gasteiger charge is 2.17. The zero-order valence-corrected chi connectivity index (χ0v) is 14.3. The van der Waals surface area contributed by atoms with Gasteiger partial charge in [0.15, 0.2) is 0 Å². The molecule has 120 valence electrons. The van der Waals surface area contributed by atoms with Crippen LogP contribution in [0.1, 0.15) is 52.0 Å². The second kappa shape index (κ2) is 9.82. The van der Waals surface area contributed by atoms with Crippen LogP contribution in [0.2, 0.25) is 0 Å². The zero-order valence-electron chi connectivity index (χ0n) is 13.4. The van der Waals surface area contributed by atoms with Crippen LogP contribution < -0.4 is 4.74 Å². The van der Waals surface area contributed by atoms with Crippen molar-refractivity contribution < 1.29 is 13.2 Å². The molecule has 0 aliphatic carbocycles. The maximum Gasteiger partial charge on any atom is 0.143 e. The Bertz CT molecular complexity index is 475. The van der Waals surface area contributed by atoms with Gasteiger partial charge in [-0.25, -0.2) is 8.42 Å². The van der Waals surface area contributed by atoms with E-state index in [-0.39, 0.29) is 5.25 Å². The molecule has 0 aromatic heterocycles. The monoisotopic (exact) mass is 312 g/mol. The number of benzene rings is 1. The molecule has 0 fully saturated rings. The summed E-state index contributed by atoms with van der Waals surface area (Å²) in [6, 6.07) is 8.03. The molecule has 0 aliphatic rings. The molecule has 0 amide bonds. The minimum absolute atomic E-state index is 0.186. The van der Waals surface area contributed by atoms with Gasteiger partial charge < -0.3 is 4.74 Å². The lowest BCUT2D eigenvalue weighted by Crippen LogP contribution is -2.16. The summed E-state index contributed by atoms with van der Waals surface area (Å²) >= 11 is 0. The molecule has 0 bridgehead atoms. The highest BCUT2D eigenvalue weighted by molar-refractivity contribution is 7.73. The lowest BCUT2D eigenvalue weighted by molar-refractivity contribution is 0.333. The fraction of sp³-hybridized carbons (Fsp3) is 0.647. The highest BCUT2D eigenvalue weighted by atomic mass is 32.2. The minimum atomic E-state index is -2.33. The van der Waals surface area contributed by atoms with Gasteiger partial charge in [-0.15, -0.1) is 0 Å². The molecular formula is C17H28O3S. The number of unbranched alkanes of at least 4 members (excludes halogenated alkanes) is 1. The molecule has 1 aromatic carbocycles. The molecule has 1 aromatic rings. The van der Waals surface area contributed by atoms with Crippen LogP contribution >= 0.6 is 0 Å². The molecule has 2 unspecified atom stereocenters. The number of rotatable bonds is 10. The van der Waals surface area contributed by atoms with Crippen molar-refractivity contribution in [3.63, 3.8) is 0 Å². The van der Waals surface area contributed by atoms with Crippen molar-refractivity contribution in [3.05, 3.63) is 29.8 Å². The average molecular weight is 312 g/mol. The second-order valence-corrected chi connectivity index (χ2v) is 6.97. The minimum Gasteiger partial charge on any atom is -0.494 e. The van der Waals surface area contributed by atoms with E-state index >= 15 is 0 Å². The quantitative estimate of drug-likeness (QED) is 0.668. The van der Waals surface area contributed by atoms with Crippen LogP contribution in [0, 0.1) is 5.92 Å². The first kappa shape index (κ1) is 18.0. The molecular weight excluding hydrogens is 284 g/mol. The van der Waals surface area contributed by atoms with E-state index in [1.165, 1.54) is 5.56 Å². The lowest BCUT2D eigenvalue weighted by atomic mass is 9.94. The Morgan fingerprint density at radius 2 is 1.90 bits per heavy atom. The summed E-state index contributed by atoms with van der Waals surface area (Å²) < 4.78 is 28.4. The van der Waals surface area contributed by atoms with Crippen LogP contribution in [0.4, 0.5) is 0 Å². The summed E-state index contributed by atoms with van der Waals surface area (Å²) in [5.74, 6) is 1.25. The molecule has 4 heteroatoms. The maximum absolute atomic E-state index is 11.4. The standard InChI is InChI=1S/C17H28O3S/c1-4-6-10-16(21(18)19)13-14(3)12-15-9-7-8-11-17(15)20-5-2/h7-9,11,14,16,21H,4-6,10,12-13H2,1-3H3. The zero-order chi connectivity index (χ0) is 15.7. The fourth-order valence-electron chi connectivity index (χ4n) is 2.64. The van der Waals surface area contributed by atoms with E-state index in [2.05, 4.69) is 19.9 Å². The van der Waals surface area contributed by atoms with Crippen LogP contribution in [0.3, 0.4) is 0 Å². The summed E-state index contributed by atoms with van der Waals surface area (Å²) in [5.41, 5.74) is 1.17. The van der Waals surface area contributed by atoms with E-state index in [0.717, 1.165) is 37.9 Å². The third kappa shape index (κ3) is 6.51. The Hall–Kier alpha value is -1.03. The van der Waals surface area contributed by atoms with Gasteiger partial charge in [-0.3, -0.25) is 0 Å². The van der Waals surface area contributed by atoms with Crippen molar-refractivity contribution in [2.24, 2.45) is 5.92 Å². The first-order valence-electron chi connectivity index (χ1n) is 7.92. The summed E-state index contributed by atoms with van der Waals surface area (Å²) in [6.45, 7) is 6.84. The third-order valence-corrected chi connectivity index (χ3v) is 4.77. The van der Waals surface area contributed by atoms with Gasteiger partial charge in [-0.1, -0.05) is 44.9 Å². The molecule has 2 atom stereocenters. The highest BCUT2D eigenvalue weighted by Crippen LogP contribution is 2.24. The molecule has 21 heavy (non-hydrogen) atoms. The van der Waals surface area contributed by atoms with Gasteiger partial charge >= 0.3 is 0 Å². The number of para-hydroxylation sites is 1. The van der Waals surface area contributed by atoms with Crippen molar-refractivity contribution in [3.8, 4) is 5.75 Å². The van der Waals surface area contributed by atoms with Gasteiger partial charge in [-0.05, 0) is 43.7 Å². The maximum atomic E-state index is 11.4. The Kier molecular flexibility index (Phi) is 8.43. The largest absolute Gasteiger partial charge is 0.494 e. The van der Waals surface area contributed by atoms with Crippen molar-refractivity contribution >= 4 is 10.7 Å². The molecule has 0 spiro atoms. The molecule has 0 aliphatic heterocycles. The molecule has 0 radical (unpaired) electrons. The number of ether oxygens (including phenoxy) is 1. The van der Waals surface area contributed by atoms with Gasteiger partial charge in [0.05, 0.1) is 11.9 Å². The number of hydrogen-bond donors (Lipinski definition) is 1. The Labute approximate surface area is 130 Å². The molecule has 3 nitrogen and oxygen atoms in total. The van der Waals surface area contributed by atoms with E-state index in [1.54, 1.807) is 0 Å². The second-order valence-electron chi connectivity index (χ2n) is 5.67. The van der Waals surface area contributed by atoms with Crippen molar-refractivity contribution in [1.82, 2.24) is 0 Å². The van der Waals surface area contributed by atoms with Crippen LogP contribution in [-0.2, 0) is 17.1 Å². The van der Waals surface area contributed by atoms with Crippen LogP contribution in [0.25, 0.3) is 0 Å². The van der Waals surface area contributed by atoms with Gasteiger partial charge in [0.1, 0.15) is 16.5 Å². The smallest absolute Gasteiger partial charge is 0.143 e. The van der Waals surface area contributed by atoms with Gasteiger partial charge in [0.25, 0.3) is 0 Å². The van der Waals surface area contributed by atoms with E-state index in [4.69, 9.17) is 4.74 Å². The normalized spacial score (nSPS) is 14.1. The number of thiol groups is 1. The number of hydrogen-bond acceptors (Lipinski definition) is 3. The molecule has 1 rings (SSSR count). The predicted octanol–water partition coefficient (Wildman–Crippen LogP) is 3.82. The topological polar surface area (TPSA) is 43.4 Å². The molecule has 0 N–H and O–H groups in total. The SMILES string of the molecule is CCCCC(CC(C)Cc1ccccc1OCC)[SH](=O)=O. The van der Waals surface area contributed by atoms with Crippen LogP contribution in [0.5, 0.6) is 5.75 Å². The third-order valence-electron chi connectivity index (χ3n) is 3.70. The summed E-state index contributed by atoms with van der Waals surface area (Å²) in [6.07, 6.45) is 4.41. The predicted molar refractivity (Wildman–Crippen MR) is 88.7 cm³/mol. The molecule has 0 saturated carbocycles. The van der Waals surface area contributed by atoms with Crippen molar-refractivity contribution in [2.75, 3.05) is 6.61 Å². The first-order chi connectivity index (χ1) is 10.1. The molecule has 0 saturated heterocycles. The van der Waals surface area contributed by atoms with Gasteiger partial charge in [0.2, 0.25) is 0 Å². The average Bonchev–Trinajstić information content (AvgIpc) is 2.45. The Balaban J connectivity index is 2.65. The molecule has 0 heterocycles. The van der Waals surface area contributed by atoms with Gasteiger partial charge in [-0.2, -0.15) is 0 Å². The van der Waals surface area contributed by atoms with Crippen LogP contribution in [-0.4, -0.2) is 20.3 Å². The van der Waals surface area contributed by atoms with E-state index < -0.39 is 10.7 Å². The van der Waals surface area contributed by atoms with Crippen LogP contribution in [0.15, 0.2) is 24.3 Å². The summed E-state index contributed by atoms with van der Waals surface area (Å²) in [4.78, 5) is 0. The van der Waals surface area contributed by atoms with Gasteiger partial charge in [0, 0.05) is 0 Å².